The van der Waals surface area contributed by atoms with E-state index in [0.717, 1.165) is 47.5 Å². The molecule has 1 spiro atoms. The number of hydrogen-bond acceptors (Lipinski definition) is 5. The van der Waals surface area contributed by atoms with Crippen molar-refractivity contribution in [2.75, 3.05) is 19.7 Å². The van der Waals surface area contributed by atoms with Gasteiger partial charge in [-0.05, 0) is 42.5 Å². The van der Waals surface area contributed by atoms with E-state index in [2.05, 4.69) is 4.98 Å². The highest BCUT2D eigenvalue weighted by Crippen LogP contribution is 2.41. The van der Waals surface area contributed by atoms with E-state index in [1.165, 1.54) is 0 Å². The summed E-state index contributed by atoms with van der Waals surface area (Å²) in [7, 11) is 0. The molecule has 1 fully saturated rings. The van der Waals surface area contributed by atoms with Gasteiger partial charge in [0.1, 0.15) is 5.60 Å². The first-order valence-corrected chi connectivity index (χ1v) is 10.8. The van der Waals surface area contributed by atoms with E-state index in [4.69, 9.17) is 15.5 Å². The lowest BCUT2D eigenvalue weighted by Gasteiger charge is -2.44. The highest BCUT2D eigenvalue weighted by molar-refractivity contribution is 5.94. The van der Waals surface area contributed by atoms with Crippen LogP contribution >= 0.6 is 0 Å². The second-order valence-electron chi connectivity index (χ2n) is 8.22. The maximum Gasteiger partial charge on any atom is 0.253 e. The lowest BCUT2D eigenvalue weighted by atomic mass is 9.83. The van der Waals surface area contributed by atoms with Crippen LogP contribution in [0.4, 0.5) is 0 Å². The number of hydrogen-bond donors (Lipinski definition) is 1. The van der Waals surface area contributed by atoms with Crippen molar-refractivity contribution in [3.05, 3.63) is 83.2 Å². The Morgan fingerprint density at radius 1 is 1.06 bits per heavy atom. The van der Waals surface area contributed by atoms with E-state index in [0.29, 0.717) is 31.8 Å². The third-order valence-electron chi connectivity index (χ3n) is 6.37. The monoisotopic (exact) mass is 414 g/mol. The molecule has 0 saturated carbocycles. The molecule has 0 bridgehead atoms. The summed E-state index contributed by atoms with van der Waals surface area (Å²) in [6.07, 6.45) is 4.24. The Balaban J connectivity index is 1.37. The van der Waals surface area contributed by atoms with Gasteiger partial charge in [-0.15, -0.1) is 0 Å². The van der Waals surface area contributed by atoms with Crippen molar-refractivity contribution in [3.63, 3.8) is 0 Å². The number of amides is 1. The number of carbonyl (C=O) groups is 1. The summed E-state index contributed by atoms with van der Waals surface area (Å²) in [5.41, 5.74) is 10.1. The van der Waals surface area contributed by atoms with E-state index < -0.39 is 5.60 Å². The average molecular weight is 415 g/mol. The van der Waals surface area contributed by atoms with E-state index >= 15 is 0 Å². The fourth-order valence-electron chi connectivity index (χ4n) is 4.55. The molecule has 2 N–H and O–H groups in total. The third-order valence-corrected chi connectivity index (χ3v) is 6.37. The number of benzene rings is 2. The molecule has 31 heavy (non-hydrogen) atoms. The Morgan fingerprint density at radius 2 is 1.81 bits per heavy atom. The standard InChI is InChI=1S/C25H26N4O2/c26-16-18-6-8-20(9-7-18)24(30)29-13-11-25(12-14-29)22-21(10-15-31-25)17-27-23(28-22)19-4-2-1-3-5-19/h1-9,17H,10-16,26H2. The van der Waals surface area contributed by atoms with Crippen LogP contribution in [0.5, 0.6) is 0 Å². The largest absolute Gasteiger partial charge is 0.368 e. The van der Waals surface area contributed by atoms with Crippen LogP contribution in [0.3, 0.4) is 0 Å². The second kappa shape index (κ2) is 8.21. The molecule has 1 amide bonds. The molecule has 1 aromatic heterocycles. The molecule has 2 aliphatic heterocycles. The zero-order valence-corrected chi connectivity index (χ0v) is 17.5. The lowest BCUT2D eigenvalue weighted by molar-refractivity contribution is -0.0967. The van der Waals surface area contributed by atoms with Crippen LogP contribution in [-0.2, 0) is 23.3 Å². The number of piperidine rings is 1. The van der Waals surface area contributed by atoms with Crippen molar-refractivity contribution in [2.45, 2.75) is 31.4 Å². The van der Waals surface area contributed by atoms with Gasteiger partial charge in [0.05, 0.1) is 12.3 Å². The van der Waals surface area contributed by atoms with Crippen molar-refractivity contribution in [1.29, 1.82) is 0 Å². The van der Waals surface area contributed by atoms with E-state index in [9.17, 15) is 4.79 Å². The topological polar surface area (TPSA) is 81.3 Å². The van der Waals surface area contributed by atoms with Crippen LogP contribution < -0.4 is 5.73 Å². The number of aromatic nitrogens is 2. The van der Waals surface area contributed by atoms with Crippen molar-refractivity contribution < 1.29 is 9.53 Å². The molecule has 1 saturated heterocycles. The summed E-state index contributed by atoms with van der Waals surface area (Å²) < 4.78 is 6.35. The van der Waals surface area contributed by atoms with E-state index in [1.54, 1.807) is 0 Å². The first kappa shape index (κ1) is 19.8. The van der Waals surface area contributed by atoms with Gasteiger partial charge < -0.3 is 15.4 Å². The van der Waals surface area contributed by atoms with Crippen molar-refractivity contribution in [2.24, 2.45) is 5.73 Å². The van der Waals surface area contributed by atoms with E-state index in [-0.39, 0.29) is 5.91 Å². The molecule has 2 aliphatic rings. The minimum absolute atomic E-state index is 0.0575. The molecule has 0 unspecified atom stereocenters. The Labute approximate surface area is 182 Å². The van der Waals surface area contributed by atoms with Gasteiger partial charge in [-0.3, -0.25) is 4.79 Å². The average Bonchev–Trinajstić information content (AvgIpc) is 2.85. The molecule has 158 valence electrons. The van der Waals surface area contributed by atoms with Gasteiger partial charge in [0.25, 0.3) is 5.91 Å². The van der Waals surface area contributed by atoms with Crippen LogP contribution in [0.15, 0.2) is 60.8 Å². The van der Waals surface area contributed by atoms with Gasteiger partial charge in [-0.1, -0.05) is 42.5 Å². The molecular formula is C25H26N4O2. The number of rotatable bonds is 3. The summed E-state index contributed by atoms with van der Waals surface area (Å²) in [5.74, 6) is 0.782. The number of ether oxygens (including phenoxy) is 1. The van der Waals surface area contributed by atoms with E-state index in [1.807, 2.05) is 65.7 Å². The number of fused-ring (bicyclic) bond motifs is 2. The van der Waals surface area contributed by atoms with Gasteiger partial charge in [0, 0.05) is 37.0 Å². The number of carbonyl (C=O) groups excluding carboxylic acids is 1. The third kappa shape index (κ3) is 3.73. The first-order chi connectivity index (χ1) is 15.2. The summed E-state index contributed by atoms with van der Waals surface area (Å²) in [4.78, 5) is 24.5. The molecule has 0 aliphatic carbocycles. The minimum atomic E-state index is -0.444. The maximum atomic E-state index is 13.0. The van der Waals surface area contributed by atoms with Crippen LogP contribution in [0, 0.1) is 0 Å². The molecule has 3 heterocycles. The van der Waals surface area contributed by atoms with Crippen molar-refractivity contribution in [3.8, 4) is 11.4 Å². The number of nitrogens with two attached hydrogens (primary N) is 1. The zero-order valence-electron chi connectivity index (χ0n) is 17.5. The highest BCUT2D eigenvalue weighted by atomic mass is 16.5. The van der Waals surface area contributed by atoms with Crippen molar-refractivity contribution in [1.82, 2.24) is 14.9 Å². The van der Waals surface area contributed by atoms with Gasteiger partial charge >= 0.3 is 0 Å². The minimum Gasteiger partial charge on any atom is -0.368 e. The molecule has 0 radical (unpaired) electrons. The van der Waals surface area contributed by atoms with Crippen LogP contribution in [0.2, 0.25) is 0 Å². The summed E-state index contributed by atoms with van der Waals surface area (Å²) in [6.45, 7) is 2.42. The van der Waals surface area contributed by atoms with Crippen molar-refractivity contribution >= 4 is 5.91 Å². The maximum absolute atomic E-state index is 13.0. The predicted molar refractivity (Wildman–Crippen MR) is 118 cm³/mol. The van der Waals surface area contributed by atoms with Gasteiger partial charge in [0.2, 0.25) is 0 Å². The number of likely N-dealkylation sites (tertiary alicyclic amines) is 1. The molecule has 2 aromatic carbocycles. The molecule has 3 aromatic rings. The van der Waals surface area contributed by atoms with Gasteiger partial charge in [0.15, 0.2) is 5.82 Å². The first-order valence-electron chi connectivity index (χ1n) is 10.8. The molecule has 6 heteroatoms. The van der Waals surface area contributed by atoms with Crippen LogP contribution in [0.1, 0.15) is 40.0 Å². The van der Waals surface area contributed by atoms with Crippen LogP contribution in [0.25, 0.3) is 11.4 Å². The molecule has 5 rings (SSSR count). The molecule has 6 nitrogen and oxygen atoms in total. The van der Waals surface area contributed by atoms with Gasteiger partial charge in [-0.25, -0.2) is 9.97 Å². The smallest absolute Gasteiger partial charge is 0.253 e. The fraction of sp³-hybridized carbons (Fsp3) is 0.320. The summed E-state index contributed by atoms with van der Waals surface area (Å²) >= 11 is 0. The predicted octanol–water partition coefficient (Wildman–Crippen LogP) is 3.31. The summed E-state index contributed by atoms with van der Waals surface area (Å²) in [5, 5.41) is 0. The second-order valence-corrected chi connectivity index (χ2v) is 8.22. The lowest BCUT2D eigenvalue weighted by Crippen LogP contribution is -2.49. The molecule has 0 atom stereocenters. The van der Waals surface area contributed by atoms with Crippen LogP contribution in [-0.4, -0.2) is 40.5 Å². The summed E-state index contributed by atoms with van der Waals surface area (Å²) in [6, 6.07) is 17.6. The SMILES string of the molecule is NCc1ccc(C(=O)N2CCC3(CC2)OCCc2cnc(-c4ccccc4)nc23)cc1. The number of nitrogens with zero attached hydrogens (tertiary/aromatic N) is 3. The fourth-order valence-corrected chi connectivity index (χ4v) is 4.55. The Kier molecular flexibility index (Phi) is 5.26. The Morgan fingerprint density at radius 3 is 2.52 bits per heavy atom. The Hall–Kier alpha value is -3.09. The highest BCUT2D eigenvalue weighted by Gasteiger charge is 2.43. The normalized spacial score (nSPS) is 17.4. The molecular weight excluding hydrogens is 388 g/mol. The zero-order chi connectivity index (χ0) is 21.3. The quantitative estimate of drug-likeness (QED) is 0.711. The Bertz CT molecular complexity index is 1070. The van der Waals surface area contributed by atoms with Gasteiger partial charge in [-0.2, -0.15) is 0 Å².